The van der Waals surface area contributed by atoms with E-state index in [1.165, 1.54) is 21.9 Å². The molecule has 11 heteroatoms. The Bertz CT molecular complexity index is 1050. The third-order valence-electron chi connectivity index (χ3n) is 5.54. The Morgan fingerprint density at radius 1 is 1.23 bits per heavy atom. The van der Waals surface area contributed by atoms with Crippen molar-refractivity contribution in [3.8, 4) is 16.5 Å². The minimum Gasteiger partial charge on any atom is -0.426 e. The molecule has 160 valence electrons. The third-order valence-corrected chi connectivity index (χ3v) is 6.33. The second-order valence-electron chi connectivity index (χ2n) is 8.29. The molecule has 2 N–H and O–H groups in total. The summed E-state index contributed by atoms with van der Waals surface area (Å²) in [6.45, 7) is 3.52. The van der Waals surface area contributed by atoms with E-state index in [1.807, 2.05) is 5.38 Å². The smallest absolute Gasteiger partial charge is 0.426 e. The predicted molar refractivity (Wildman–Crippen MR) is 108 cm³/mol. The predicted octanol–water partition coefficient (Wildman–Crippen LogP) is 2.54. The molecule has 0 spiro atoms. The minimum absolute atomic E-state index is 0.153. The molecule has 0 radical (unpaired) electrons. The van der Waals surface area contributed by atoms with Crippen molar-refractivity contribution in [2.45, 2.75) is 50.5 Å². The number of nitrogens with zero attached hydrogens (tertiary/aromatic N) is 5. The lowest BCUT2D eigenvalue weighted by atomic mass is 10.1. The van der Waals surface area contributed by atoms with E-state index < -0.39 is 11.7 Å². The molecule has 0 aromatic carbocycles. The minimum atomic E-state index is -3.81. The Hall–Kier alpha value is -2.37. The van der Waals surface area contributed by atoms with E-state index in [1.54, 1.807) is 12.3 Å². The zero-order valence-corrected chi connectivity index (χ0v) is 17.4. The largest absolute Gasteiger partial charge is 0.426 e. The molecule has 8 nitrogen and oxygen atoms in total. The summed E-state index contributed by atoms with van der Waals surface area (Å²) in [5.74, 6) is 0.313. The van der Waals surface area contributed by atoms with Crippen molar-refractivity contribution < 1.29 is 18.6 Å². The number of thiazole rings is 1. The van der Waals surface area contributed by atoms with Gasteiger partial charge in [0.1, 0.15) is 10.7 Å². The van der Waals surface area contributed by atoms with E-state index in [4.69, 9.17) is 4.74 Å². The number of ether oxygens (including phenoxy) is 1. The molecule has 2 bridgehead atoms. The Balaban J connectivity index is 1.60. The van der Waals surface area contributed by atoms with Gasteiger partial charge >= 0.3 is 6.11 Å². The number of fused-ring (bicyclic) bond motifs is 3. The SMILES string of the molecule is CC(C)(O)C(F)(F)Oc1ccc(-c2nccs2)n2nc(N3CC4CCC(C3)N4)nc12. The van der Waals surface area contributed by atoms with E-state index >= 15 is 0 Å². The van der Waals surface area contributed by atoms with Gasteiger partial charge in [-0.1, -0.05) is 0 Å². The molecular weight excluding hydrogens is 414 g/mol. The second kappa shape index (κ2) is 6.82. The number of rotatable bonds is 5. The lowest BCUT2D eigenvalue weighted by Crippen LogP contribution is -2.51. The fraction of sp³-hybridized carbons (Fsp3) is 0.526. The number of aliphatic hydroxyl groups is 1. The number of hydrogen-bond donors (Lipinski definition) is 2. The zero-order valence-electron chi connectivity index (χ0n) is 16.5. The Labute approximate surface area is 175 Å². The van der Waals surface area contributed by atoms with E-state index in [9.17, 15) is 13.9 Å². The lowest BCUT2D eigenvalue weighted by Gasteiger charge is -2.31. The van der Waals surface area contributed by atoms with Crippen LogP contribution < -0.4 is 15.0 Å². The van der Waals surface area contributed by atoms with E-state index in [2.05, 4.69) is 25.3 Å². The number of nitrogens with one attached hydrogen (secondary N) is 1. The Kier molecular flexibility index (Phi) is 4.46. The molecule has 0 saturated carbocycles. The van der Waals surface area contributed by atoms with Gasteiger partial charge in [0, 0.05) is 36.8 Å². The molecule has 2 aliphatic rings. The number of halogens is 2. The molecular formula is C19H22F2N6O2S. The monoisotopic (exact) mass is 436 g/mol. The van der Waals surface area contributed by atoms with Gasteiger partial charge in [-0.2, -0.15) is 13.8 Å². The van der Waals surface area contributed by atoms with Gasteiger partial charge in [-0.15, -0.1) is 16.4 Å². The number of anilines is 1. The van der Waals surface area contributed by atoms with Gasteiger partial charge in [-0.25, -0.2) is 9.50 Å². The van der Waals surface area contributed by atoms with Crippen molar-refractivity contribution in [3.05, 3.63) is 23.7 Å². The topological polar surface area (TPSA) is 87.8 Å². The van der Waals surface area contributed by atoms with Crippen molar-refractivity contribution in [2.75, 3.05) is 18.0 Å². The maximum absolute atomic E-state index is 14.4. The van der Waals surface area contributed by atoms with Gasteiger partial charge in [0.15, 0.2) is 11.4 Å². The van der Waals surface area contributed by atoms with Crippen LogP contribution in [0.2, 0.25) is 0 Å². The van der Waals surface area contributed by atoms with Crippen LogP contribution in [0.4, 0.5) is 14.7 Å². The number of aromatic nitrogens is 4. The fourth-order valence-electron chi connectivity index (χ4n) is 3.88. The summed E-state index contributed by atoms with van der Waals surface area (Å²) in [5.41, 5.74) is -1.57. The van der Waals surface area contributed by atoms with Crippen molar-refractivity contribution in [3.63, 3.8) is 0 Å². The highest BCUT2D eigenvalue weighted by Gasteiger charge is 2.49. The highest BCUT2D eigenvalue weighted by molar-refractivity contribution is 7.13. The molecule has 30 heavy (non-hydrogen) atoms. The summed E-state index contributed by atoms with van der Waals surface area (Å²) in [5, 5.41) is 20.5. The van der Waals surface area contributed by atoms with Gasteiger partial charge in [0.05, 0.1) is 0 Å². The quantitative estimate of drug-likeness (QED) is 0.636. The van der Waals surface area contributed by atoms with Gasteiger partial charge in [0.2, 0.25) is 11.6 Å². The first kappa shape index (κ1) is 19.6. The second-order valence-corrected chi connectivity index (χ2v) is 9.18. The summed E-state index contributed by atoms with van der Waals surface area (Å²) < 4.78 is 35.3. The average molecular weight is 436 g/mol. The fourth-order valence-corrected chi connectivity index (χ4v) is 4.52. The maximum Gasteiger partial charge on any atom is 0.426 e. The first-order valence-corrected chi connectivity index (χ1v) is 10.7. The van der Waals surface area contributed by atoms with Gasteiger partial charge in [-0.05, 0) is 38.8 Å². The van der Waals surface area contributed by atoms with Crippen LogP contribution in [0.3, 0.4) is 0 Å². The number of piperazine rings is 1. The maximum atomic E-state index is 14.4. The first-order valence-electron chi connectivity index (χ1n) is 9.81. The van der Waals surface area contributed by atoms with Crippen molar-refractivity contribution in [1.29, 1.82) is 0 Å². The van der Waals surface area contributed by atoms with Crippen molar-refractivity contribution >= 4 is 22.9 Å². The van der Waals surface area contributed by atoms with Crippen LogP contribution in [0.5, 0.6) is 5.75 Å². The Morgan fingerprint density at radius 2 is 1.97 bits per heavy atom. The number of pyridine rings is 1. The molecule has 0 aliphatic carbocycles. The molecule has 3 aromatic heterocycles. The van der Waals surface area contributed by atoms with Crippen LogP contribution in [0, 0.1) is 0 Å². The highest BCUT2D eigenvalue weighted by Crippen LogP contribution is 2.36. The molecule has 5 heterocycles. The van der Waals surface area contributed by atoms with Gasteiger partial charge < -0.3 is 20.1 Å². The summed E-state index contributed by atoms with van der Waals surface area (Å²) in [7, 11) is 0. The molecule has 2 atom stereocenters. The van der Waals surface area contributed by atoms with Crippen molar-refractivity contribution in [1.82, 2.24) is 24.9 Å². The molecule has 3 aromatic rings. The summed E-state index contributed by atoms with van der Waals surface area (Å²) in [6, 6.07) is 3.81. The summed E-state index contributed by atoms with van der Waals surface area (Å²) in [6.07, 6.45) is 0.0666. The lowest BCUT2D eigenvalue weighted by molar-refractivity contribution is -0.275. The number of hydrogen-bond acceptors (Lipinski definition) is 8. The average Bonchev–Trinajstić information content (AvgIpc) is 3.41. The van der Waals surface area contributed by atoms with Crippen LogP contribution in [-0.2, 0) is 0 Å². The van der Waals surface area contributed by atoms with Gasteiger partial charge in [0.25, 0.3) is 0 Å². The molecule has 0 amide bonds. The Morgan fingerprint density at radius 3 is 2.60 bits per heavy atom. The van der Waals surface area contributed by atoms with Crippen LogP contribution >= 0.6 is 11.3 Å². The van der Waals surface area contributed by atoms with E-state index in [-0.39, 0.29) is 11.4 Å². The van der Waals surface area contributed by atoms with E-state index in [0.29, 0.717) is 28.7 Å². The molecule has 2 aliphatic heterocycles. The molecule has 5 rings (SSSR count). The molecule has 2 fully saturated rings. The van der Waals surface area contributed by atoms with Crippen LogP contribution in [0.15, 0.2) is 23.7 Å². The molecule has 2 unspecified atom stereocenters. The van der Waals surface area contributed by atoms with Crippen molar-refractivity contribution in [2.24, 2.45) is 0 Å². The van der Waals surface area contributed by atoms with Crippen LogP contribution in [0.25, 0.3) is 16.3 Å². The van der Waals surface area contributed by atoms with Crippen LogP contribution in [-0.4, -0.2) is 61.6 Å². The standard InChI is InChI=1S/C19H22F2N6O2S/c1-18(2,28)19(20,21)29-14-6-5-13(16-22-7-8-30-16)27-15(14)24-17(25-27)26-9-11-3-4-12(10-26)23-11/h5-8,11-12,23,28H,3-4,9-10H2,1-2H3. The third kappa shape index (κ3) is 3.30. The normalized spacial score (nSPS) is 22.1. The number of alkyl halides is 2. The molecule has 2 saturated heterocycles. The summed E-state index contributed by atoms with van der Waals surface area (Å²) in [4.78, 5) is 10.9. The zero-order chi connectivity index (χ0) is 21.1. The van der Waals surface area contributed by atoms with Crippen LogP contribution in [0.1, 0.15) is 26.7 Å². The highest BCUT2D eigenvalue weighted by atomic mass is 32.1. The summed E-state index contributed by atoms with van der Waals surface area (Å²) >= 11 is 1.42. The van der Waals surface area contributed by atoms with Gasteiger partial charge in [-0.3, -0.25) is 0 Å². The first-order chi connectivity index (χ1) is 14.2. The van der Waals surface area contributed by atoms with E-state index in [0.717, 1.165) is 39.8 Å².